The van der Waals surface area contributed by atoms with Crippen LogP contribution in [-0.4, -0.2) is 48.0 Å². The van der Waals surface area contributed by atoms with E-state index < -0.39 is 0 Å². The van der Waals surface area contributed by atoms with Crippen molar-refractivity contribution < 1.29 is 21.6 Å². The summed E-state index contributed by atoms with van der Waals surface area (Å²) in [5, 5.41) is 3.38. The number of hydrogen-bond acceptors (Lipinski definition) is 6. The second-order valence-corrected chi connectivity index (χ2v) is 10.2. The number of rotatable bonds is 7. The minimum atomic E-state index is -0.311. The molecule has 5 nitrogen and oxygen atoms in total. The summed E-state index contributed by atoms with van der Waals surface area (Å²) in [4.78, 5) is 28.4. The molecule has 0 saturated heterocycles. The van der Waals surface area contributed by atoms with E-state index in [4.69, 9.17) is 4.98 Å². The molecular weight excluding hydrogens is 503 g/mol. The van der Waals surface area contributed by atoms with Crippen LogP contribution in [0.3, 0.4) is 0 Å². The fraction of sp³-hybridized carbons (Fsp3) is 0.192. The van der Waals surface area contributed by atoms with Gasteiger partial charge in [-0.25, -0.2) is 14.4 Å². The summed E-state index contributed by atoms with van der Waals surface area (Å²) in [5.41, 5.74) is 2.82. The molecular formula is C26H23ClFN4OS2-. The van der Waals surface area contributed by atoms with E-state index in [0.29, 0.717) is 22.8 Å². The van der Waals surface area contributed by atoms with Gasteiger partial charge in [-0.3, -0.25) is 9.69 Å². The SMILES string of the molecule is CN(C)CCCN(C(=O)c1cc(-c2cccs2)nc2ccccc12)c1nc2ccc(F)cc2s1.[Cl-]. The number of carbonyl (C=O) groups is 1. The number of hydrogen-bond donors (Lipinski definition) is 0. The van der Waals surface area contributed by atoms with Crippen molar-refractivity contribution in [1.29, 1.82) is 0 Å². The van der Waals surface area contributed by atoms with Crippen LogP contribution in [0.15, 0.2) is 66.0 Å². The molecule has 0 unspecified atom stereocenters. The lowest BCUT2D eigenvalue weighted by atomic mass is 10.1. The third-order valence-corrected chi connectivity index (χ3v) is 7.46. The van der Waals surface area contributed by atoms with Crippen LogP contribution in [0.1, 0.15) is 16.8 Å². The molecule has 0 N–H and O–H groups in total. The van der Waals surface area contributed by atoms with Crippen LogP contribution >= 0.6 is 22.7 Å². The Bertz CT molecular complexity index is 1470. The normalized spacial score (nSPS) is 11.2. The maximum atomic E-state index is 14.1. The van der Waals surface area contributed by atoms with Gasteiger partial charge >= 0.3 is 0 Å². The van der Waals surface area contributed by atoms with Gasteiger partial charge in [0, 0.05) is 11.9 Å². The van der Waals surface area contributed by atoms with Gasteiger partial charge in [0.25, 0.3) is 5.91 Å². The first kappa shape index (κ1) is 25.2. The van der Waals surface area contributed by atoms with Crippen molar-refractivity contribution in [1.82, 2.24) is 14.9 Å². The Morgan fingerprint density at radius 1 is 0.971 bits per heavy atom. The van der Waals surface area contributed by atoms with Crippen molar-refractivity contribution in [3.05, 3.63) is 77.4 Å². The van der Waals surface area contributed by atoms with Crippen molar-refractivity contribution in [3.63, 3.8) is 0 Å². The van der Waals surface area contributed by atoms with E-state index in [1.54, 1.807) is 22.3 Å². The number of nitrogens with zero attached hydrogens (tertiary/aromatic N) is 4. The Morgan fingerprint density at radius 2 is 1.80 bits per heavy atom. The molecule has 3 aromatic heterocycles. The molecule has 180 valence electrons. The van der Waals surface area contributed by atoms with E-state index in [1.807, 2.05) is 61.9 Å². The van der Waals surface area contributed by atoms with Crippen LogP contribution in [-0.2, 0) is 0 Å². The highest BCUT2D eigenvalue weighted by molar-refractivity contribution is 7.22. The van der Waals surface area contributed by atoms with Gasteiger partial charge in [0.2, 0.25) is 0 Å². The van der Waals surface area contributed by atoms with Gasteiger partial charge in [-0.2, -0.15) is 0 Å². The average molecular weight is 526 g/mol. The summed E-state index contributed by atoms with van der Waals surface area (Å²) in [5.74, 6) is -0.441. The van der Waals surface area contributed by atoms with Crippen molar-refractivity contribution >= 4 is 54.8 Å². The van der Waals surface area contributed by atoms with E-state index >= 15 is 0 Å². The van der Waals surface area contributed by atoms with E-state index in [9.17, 15) is 9.18 Å². The largest absolute Gasteiger partial charge is 1.00 e. The molecule has 3 heterocycles. The zero-order valence-corrected chi connectivity index (χ0v) is 21.6. The number of carbonyl (C=O) groups excluding carboxylic acids is 1. The Balaban J connectivity index is 0.00000289. The first-order valence-electron chi connectivity index (χ1n) is 11.0. The molecule has 0 aliphatic heterocycles. The minimum Gasteiger partial charge on any atom is -1.00 e. The summed E-state index contributed by atoms with van der Waals surface area (Å²) in [6, 6.07) is 18.1. The van der Waals surface area contributed by atoms with Gasteiger partial charge in [-0.15, -0.1) is 11.3 Å². The molecule has 5 aromatic rings. The fourth-order valence-electron chi connectivity index (χ4n) is 3.88. The molecule has 2 aromatic carbocycles. The van der Waals surface area contributed by atoms with E-state index in [2.05, 4.69) is 9.88 Å². The number of fused-ring (bicyclic) bond motifs is 2. The highest BCUT2D eigenvalue weighted by Crippen LogP contribution is 2.33. The Labute approximate surface area is 217 Å². The molecule has 0 bridgehead atoms. The van der Waals surface area contributed by atoms with Gasteiger partial charge in [0.15, 0.2) is 5.13 Å². The second-order valence-electron chi connectivity index (χ2n) is 8.27. The third kappa shape index (κ3) is 5.36. The quantitative estimate of drug-likeness (QED) is 0.327. The number of benzene rings is 2. The van der Waals surface area contributed by atoms with Gasteiger partial charge in [-0.05, 0) is 68.8 Å². The Morgan fingerprint density at radius 3 is 2.57 bits per heavy atom. The third-order valence-electron chi connectivity index (χ3n) is 5.52. The van der Waals surface area contributed by atoms with Crippen molar-refractivity contribution in [3.8, 4) is 10.6 Å². The minimum absolute atomic E-state index is 0. The maximum absolute atomic E-state index is 14.1. The summed E-state index contributed by atoms with van der Waals surface area (Å²) < 4.78 is 14.5. The lowest BCUT2D eigenvalue weighted by molar-refractivity contribution is -0.0000150. The molecule has 5 rings (SSSR count). The van der Waals surface area contributed by atoms with Crippen LogP contribution in [0.25, 0.3) is 31.7 Å². The van der Waals surface area contributed by atoms with Crippen molar-refractivity contribution in [2.75, 3.05) is 32.1 Å². The van der Waals surface area contributed by atoms with Crippen LogP contribution in [0.2, 0.25) is 0 Å². The van der Waals surface area contributed by atoms with Gasteiger partial charge in [0.1, 0.15) is 5.82 Å². The molecule has 0 aliphatic carbocycles. The molecule has 0 fully saturated rings. The molecule has 0 spiro atoms. The number of halogens is 2. The van der Waals surface area contributed by atoms with E-state index in [1.165, 1.54) is 23.5 Å². The van der Waals surface area contributed by atoms with E-state index in [0.717, 1.165) is 39.1 Å². The second kappa shape index (κ2) is 10.8. The highest BCUT2D eigenvalue weighted by Gasteiger charge is 2.24. The number of anilines is 1. The molecule has 1 amide bonds. The molecule has 0 atom stereocenters. The van der Waals surface area contributed by atoms with Crippen LogP contribution in [0, 0.1) is 5.82 Å². The molecule has 0 radical (unpaired) electrons. The van der Waals surface area contributed by atoms with Crippen molar-refractivity contribution in [2.45, 2.75) is 6.42 Å². The number of amides is 1. The summed E-state index contributed by atoms with van der Waals surface area (Å²) in [7, 11) is 4.02. The van der Waals surface area contributed by atoms with Gasteiger partial charge in [0.05, 0.1) is 31.9 Å². The lowest BCUT2D eigenvalue weighted by Crippen LogP contribution is -3.00. The predicted molar refractivity (Wildman–Crippen MR) is 139 cm³/mol. The summed E-state index contributed by atoms with van der Waals surface area (Å²) in [6.07, 6.45) is 0.782. The first-order chi connectivity index (χ1) is 16.5. The molecule has 35 heavy (non-hydrogen) atoms. The summed E-state index contributed by atoms with van der Waals surface area (Å²) >= 11 is 2.93. The smallest absolute Gasteiger partial charge is 0.260 e. The summed E-state index contributed by atoms with van der Waals surface area (Å²) in [6.45, 7) is 1.34. The highest BCUT2D eigenvalue weighted by atomic mass is 35.5. The Hall–Kier alpha value is -2.91. The number of thiazole rings is 1. The first-order valence-corrected chi connectivity index (χ1v) is 12.7. The lowest BCUT2D eigenvalue weighted by Gasteiger charge is -2.22. The van der Waals surface area contributed by atoms with Crippen LogP contribution in [0.5, 0.6) is 0 Å². The number of pyridine rings is 1. The van der Waals surface area contributed by atoms with Crippen molar-refractivity contribution in [2.24, 2.45) is 0 Å². The number of aromatic nitrogens is 2. The average Bonchev–Trinajstić information content (AvgIpc) is 3.50. The van der Waals surface area contributed by atoms with Gasteiger partial charge < -0.3 is 17.3 Å². The van der Waals surface area contributed by atoms with Crippen LogP contribution < -0.4 is 17.3 Å². The number of para-hydroxylation sites is 1. The Kier molecular flexibility index (Phi) is 7.76. The zero-order chi connectivity index (χ0) is 23.7. The zero-order valence-electron chi connectivity index (χ0n) is 19.2. The topological polar surface area (TPSA) is 49.3 Å². The monoisotopic (exact) mass is 525 g/mol. The molecule has 9 heteroatoms. The maximum Gasteiger partial charge on any atom is 0.260 e. The van der Waals surface area contributed by atoms with Crippen LogP contribution in [0.4, 0.5) is 9.52 Å². The molecule has 0 aliphatic rings. The molecule has 0 saturated carbocycles. The fourth-order valence-corrected chi connectivity index (χ4v) is 5.58. The van der Waals surface area contributed by atoms with E-state index in [-0.39, 0.29) is 24.1 Å². The predicted octanol–water partition coefficient (Wildman–Crippen LogP) is 3.31. The van der Waals surface area contributed by atoms with Gasteiger partial charge in [-0.1, -0.05) is 35.6 Å². The number of thiophene rings is 1. The standard InChI is InChI=1S/C26H23FN4OS2.ClH/c1-30(2)12-6-13-31(26-29-21-11-10-17(27)15-24(21)34-26)25(32)19-16-22(23-9-5-14-33-23)28-20-8-4-3-7-18(19)20;/h3-5,7-11,14-16H,6,12-13H2,1-2H3;1H/p-1.